The summed E-state index contributed by atoms with van der Waals surface area (Å²) in [5, 5.41) is 22.6. The third-order valence-corrected chi connectivity index (χ3v) is 2.88. The lowest BCUT2D eigenvalue weighted by Crippen LogP contribution is -2.31. The lowest BCUT2D eigenvalue weighted by atomic mass is 10.2. The van der Waals surface area contributed by atoms with E-state index in [4.69, 9.17) is 5.11 Å². The summed E-state index contributed by atoms with van der Waals surface area (Å²) in [5.74, 6) is -2.05. The predicted octanol–water partition coefficient (Wildman–Crippen LogP) is 2.46. The second-order valence-electron chi connectivity index (χ2n) is 3.71. The number of carboxylic acids is 1. The van der Waals surface area contributed by atoms with Gasteiger partial charge in [0.15, 0.2) is 0 Å². The molecule has 0 saturated heterocycles. The van der Waals surface area contributed by atoms with Crippen LogP contribution in [0.1, 0.15) is 10.4 Å². The third-order valence-electron chi connectivity index (χ3n) is 2.15. The molecule has 0 radical (unpaired) electrons. The Kier molecular flexibility index (Phi) is 5.70. The van der Waals surface area contributed by atoms with Gasteiger partial charge >= 0.3 is 17.5 Å². The second kappa shape index (κ2) is 7.07. The molecule has 0 spiro atoms. The van der Waals surface area contributed by atoms with E-state index in [1.807, 2.05) is 0 Å². The number of nitrogens with one attached hydrogen (secondary N) is 2. The van der Waals surface area contributed by atoms with E-state index in [1.54, 1.807) is 0 Å². The third kappa shape index (κ3) is 6.25. The molecule has 21 heavy (non-hydrogen) atoms. The van der Waals surface area contributed by atoms with Gasteiger partial charge < -0.3 is 20.8 Å². The zero-order chi connectivity index (χ0) is 16.0. The number of carbonyl (C=O) groups is 2. The molecule has 0 aliphatic rings. The number of hydrogen-bond donors (Lipinski definition) is 4. The number of halogens is 3. The maximum Gasteiger partial charge on any atom is 0.441 e. The van der Waals surface area contributed by atoms with Crippen LogP contribution in [0.15, 0.2) is 18.2 Å². The van der Waals surface area contributed by atoms with Crippen molar-refractivity contribution in [3.63, 3.8) is 0 Å². The van der Waals surface area contributed by atoms with Crippen LogP contribution in [0.4, 0.5) is 23.7 Å². The van der Waals surface area contributed by atoms with Crippen molar-refractivity contribution in [1.29, 1.82) is 0 Å². The van der Waals surface area contributed by atoms with Crippen LogP contribution < -0.4 is 10.6 Å². The van der Waals surface area contributed by atoms with E-state index in [1.165, 1.54) is 6.07 Å². The Morgan fingerprint density at radius 2 is 1.95 bits per heavy atom. The predicted molar refractivity (Wildman–Crippen MR) is 70.6 cm³/mol. The minimum Gasteiger partial charge on any atom is -0.506 e. The fourth-order valence-electron chi connectivity index (χ4n) is 1.27. The first-order valence-corrected chi connectivity index (χ1v) is 6.49. The maximum absolute atomic E-state index is 11.8. The number of phenols is 1. The highest BCUT2D eigenvalue weighted by Gasteiger charge is 2.27. The summed E-state index contributed by atoms with van der Waals surface area (Å²) >= 11 is -0.267. The number of amides is 2. The van der Waals surface area contributed by atoms with Gasteiger partial charge in [-0.25, -0.2) is 9.59 Å². The van der Waals surface area contributed by atoms with Gasteiger partial charge in [-0.05, 0) is 30.0 Å². The SMILES string of the molecule is O=C(NCCSC(F)(F)F)Nc1ccc(C(=O)O)cc1O. The minimum atomic E-state index is -4.36. The standard InChI is InChI=1S/C11H11F3N2O4S/c12-11(13,14)21-4-3-15-10(20)16-7-2-1-6(9(18)19)5-8(7)17/h1-2,5,17H,3-4H2,(H,18,19)(H2,15,16,20). The van der Waals surface area contributed by atoms with Gasteiger partial charge in [0.2, 0.25) is 0 Å². The Labute approximate surface area is 121 Å². The number of alkyl halides is 3. The maximum atomic E-state index is 11.8. The summed E-state index contributed by atoms with van der Waals surface area (Å²) in [6, 6.07) is 2.47. The number of anilines is 1. The van der Waals surface area contributed by atoms with E-state index < -0.39 is 23.3 Å². The molecule has 0 unspecified atom stereocenters. The van der Waals surface area contributed by atoms with Crippen LogP contribution in [0, 0.1) is 0 Å². The molecule has 1 aromatic rings. The largest absolute Gasteiger partial charge is 0.506 e. The summed E-state index contributed by atoms with van der Waals surface area (Å²) in [5.41, 5.74) is -4.58. The number of thioether (sulfide) groups is 1. The molecule has 0 aliphatic heterocycles. The van der Waals surface area contributed by atoms with E-state index in [9.17, 15) is 27.9 Å². The monoisotopic (exact) mass is 324 g/mol. The Balaban J connectivity index is 2.46. The number of benzene rings is 1. The highest BCUT2D eigenvalue weighted by molar-refractivity contribution is 8.00. The van der Waals surface area contributed by atoms with Crippen LogP contribution in [0.2, 0.25) is 0 Å². The van der Waals surface area contributed by atoms with Crippen LogP contribution in [0.25, 0.3) is 0 Å². The Bertz CT molecular complexity index is 537. The number of urea groups is 1. The topological polar surface area (TPSA) is 98.7 Å². The molecular formula is C11H11F3N2O4S. The molecular weight excluding hydrogens is 313 g/mol. The number of aromatic carboxylic acids is 1. The van der Waals surface area contributed by atoms with Gasteiger partial charge in [-0.1, -0.05) is 0 Å². The van der Waals surface area contributed by atoms with Crippen molar-refractivity contribution in [1.82, 2.24) is 5.32 Å². The zero-order valence-corrected chi connectivity index (χ0v) is 11.2. The Morgan fingerprint density at radius 3 is 2.48 bits per heavy atom. The number of hydrogen-bond acceptors (Lipinski definition) is 4. The summed E-state index contributed by atoms with van der Waals surface area (Å²) in [6.45, 7) is -0.218. The van der Waals surface area contributed by atoms with E-state index in [0.717, 1.165) is 12.1 Å². The number of phenolic OH excluding ortho intramolecular Hbond substituents is 1. The van der Waals surface area contributed by atoms with Crippen molar-refractivity contribution in [2.24, 2.45) is 0 Å². The Morgan fingerprint density at radius 1 is 1.29 bits per heavy atom. The van der Waals surface area contributed by atoms with Crippen LogP contribution in [0.5, 0.6) is 5.75 Å². The molecule has 4 N–H and O–H groups in total. The number of aromatic hydroxyl groups is 1. The normalized spacial score (nSPS) is 11.0. The average Bonchev–Trinajstić information content (AvgIpc) is 2.36. The van der Waals surface area contributed by atoms with Crippen molar-refractivity contribution in [2.75, 3.05) is 17.6 Å². The van der Waals surface area contributed by atoms with Gasteiger partial charge in [0.25, 0.3) is 0 Å². The van der Waals surface area contributed by atoms with E-state index in [2.05, 4.69) is 10.6 Å². The zero-order valence-electron chi connectivity index (χ0n) is 10.4. The van der Waals surface area contributed by atoms with E-state index in [-0.39, 0.29) is 35.3 Å². The molecule has 1 aromatic carbocycles. The van der Waals surface area contributed by atoms with Gasteiger partial charge in [-0.2, -0.15) is 13.2 Å². The minimum absolute atomic E-state index is 0.0547. The van der Waals surface area contributed by atoms with E-state index >= 15 is 0 Å². The molecule has 6 nitrogen and oxygen atoms in total. The fourth-order valence-corrected chi connectivity index (χ4v) is 1.70. The second-order valence-corrected chi connectivity index (χ2v) is 4.87. The van der Waals surface area contributed by atoms with Crippen molar-refractivity contribution >= 4 is 29.4 Å². The lowest BCUT2D eigenvalue weighted by Gasteiger charge is -2.10. The summed E-state index contributed by atoms with van der Waals surface area (Å²) < 4.78 is 35.5. The average molecular weight is 324 g/mol. The molecule has 0 heterocycles. The summed E-state index contributed by atoms with van der Waals surface area (Å²) in [6.07, 6.45) is 0. The van der Waals surface area contributed by atoms with Crippen molar-refractivity contribution < 1.29 is 33.0 Å². The summed E-state index contributed by atoms with van der Waals surface area (Å²) in [7, 11) is 0. The summed E-state index contributed by atoms with van der Waals surface area (Å²) in [4.78, 5) is 22.0. The molecule has 0 saturated carbocycles. The van der Waals surface area contributed by atoms with Crippen molar-refractivity contribution in [3.8, 4) is 5.75 Å². The number of carboxylic acid groups (broad SMARTS) is 1. The highest BCUT2D eigenvalue weighted by Crippen LogP contribution is 2.29. The van der Waals surface area contributed by atoms with Crippen LogP contribution in [-0.4, -0.2) is 40.0 Å². The first-order valence-electron chi connectivity index (χ1n) is 5.51. The van der Waals surface area contributed by atoms with Crippen molar-refractivity contribution in [2.45, 2.75) is 5.51 Å². The van der Waals surface area contributed by atoms with Crippen molar-refractivity contribution in [3.05, 3.63) is 23.8 Å². The molecule has 116 valence electrons. The first-order chi connectivity index (χ1) is 9.69. The van der Waals surface area contributed by atoms with Crippen LogP contribution in [-0.2, 0) is 0 Å². The molecule has 10 heteroatoms. The molecule has 0 atom stereocenters. The van der Waals surface area contributed by atoms with Gasteiger partial charge in [0, 0.05) is 12.3 Å². The van der Waals surface area contributed by atoms with Gasteiger partial charge in [0.1, 0.15) is 5.75 Å². The lowest BCUT2D eigenvalue weighted by molar-refractivity contribution is -0.0327. The first kappa shape index (κ1) is 17.0. The van der Waals surface area contributed by atoms with Gasteiger partial charge in [0.05, 0.1) is 11.3 Å². The number of carbonyl (C=O) groups excluding carboxylic acids is 1. The fraction of sp³-hybridized carbons (Fsp3) is 0.273. The molecule has 0 aliphatic carbocycles. The van der Waals surface area contributed by atoms with Crippen LogP contribution >= 0.6 is 11.8 Å². The van der Waals surface area contributed by atoms with Gasteiger partial charge in [-0.15, -0.1) is 0 Å². The molecule has 2 amide bonds. The molecule has 1 rings (SSSR count). The van der Waals surface area contributed by atoms with Crippen LogP contribution in [0.3, 0.4) is 0 Å². The number of rotatable bonds is 5. The smallest absolute Gasteiger partial charge is 0.441 e. The molecule has 0 bridgehead atoms. The van der Waals surface area contributed by atoms with E-state index in [0.29, 0.717) is 0 Å². The molecule has 0 fully saturated rings. The Hall–Kier alpha value is -2.10. The van der Waals surface area contributed by atoms with Gasteiger partial charge in [-0.3, -0.25) is 0 Å². The highest BCUT2D eigenvalue weighted by atomic mass is 32.2. The molecule has 0 aromatic heterocycles. The quantitative estimate of drug-likeness (QED) is 0.493.